The van der Waals surface area contributed by atoms with Crippen molar-refractivity contribution in [1.29, 1.82) is 0 Å². The Balaban J connectivity index is 2.12. The summed E-state index contributed by atoms with van der Waals surface area (Å²) < 4.78 is 0. The van der Waals surface area contributed by atoms with Crippen LogP contribution < -0.4 is 16.4 Å². The molecule has 5 heteroatoms. The number of rotatable bonds is 7. The fourth-order valence-electron chi connectivity index (χ4n) is 2.51. The SMILES string of the molecule is CCCNC(=O)CNC(=O)CC1CCC(CN)CC1. The molecule has 0 bridgehead atoms. The van der Waals surface area contributed by atoms with Gasteiger partial charge >= 0.3 is 0 Å². The molecule has 0 spiro atoms. The third kappa shape index (κ3) is 6.57. The Kier molecular flexibility index (Phi) is 7.48. The summed E-state index contributed by atoms with van der Waals surface area (Å²) >= 11 is 0. The van der Waals surface area contributed by atoms with Crippen molar-refractivity contribution in [3.8, 4) is 0 Å². The fraction of sp³-hybridized carbons (Fsp3) is 0.857. The Hall–Kier alpha value is -1.10. The van der Waals surface area contributed by atoms with E-state index in [-0.39, 0.29) is 18.4 Å². The average molecular weight is 269 g/mol. The van der Waals surface area contributed by atoms with E-state index >= 15 is 0 Å². The van der Waals surface area contributed by atoms with Crippen LogP contribution in [-0.4, -0.2) is 31.4 Å². The van der Waals surface area contributed by atoms with Crippen molar-refractivity contribution in [1.82, 2.24) is 10.6 Å². The molecule has 1 aliphatic rings. The second-order valence-corrected chi connectivity index (χ2v) is 5.45. The molecule has 0 saturated heterocycles. The highest BCUT2D eigenvalue weighted by atomic mass is 16.2. The van der Waals surface area contributed by atoms with Gasteiger partial charge < -0.3 is 16.4 Å². The number of nitrogens with two attached hydrogens (primary N) is 1. The molecule has 5 nitrogen and oxygen atoms in total. The van der Waals surface area contributed by atoms with Crippen molar-refractivity contribution < 1.29 is 9.59 Å². The van der Waals surface area contributed by atoms with Gasteiger partial charge in [-0.05, 0) is 50.5 Å². The molecule has 0 heterocycles. The molecule has 4 N–H and O–H groups in total. The summed E-state index contributed by atoms with van der Waals surface area (Å²) in [5, 5.41) is 5.43. The number of hydrogen-bond donors (Lipinski definition) is 3. The van der Waals surface area contributed by atoms with Crippen LogP contribution in [-0.2, 0) is 9.59 Å². The van der Waals surface area contributed by atoms with Gasteiger partial charge in [-0.2, -0.15) is 0 Å². The molecule has 0 aliphatic heterocycles. The van der Waals surface area contributed by atoms with E-state index in [0.29, 0.717) is 24.8 Å². The largest absolute Gasteiger partial charge is 0.355 e. The van der Waals surface area contributed by atoms with Crippen molar-refractivity contribution in [3.05, 3.63) is 0 Å². The second-order valence-electron chi connectivity index (χ2n) is 5.45. The Bertz CT molecular complexity index is 286. The molecule has 1 saturated carbocycles. The summed E-state index contributed by atoms with van der Waals surface area (Å²) in [5.74, 6) is 0.977. The highest BCUT2D eigenvalue weighted by molar-refractivity contribution is 5.84. The van der Waals surface area contributed by atoms with E-state index in [9.17, 15) is 9.59 Å². The maximum atomic E-state index is 11.7. The van der Waals surface area contributed by atoms with Crippen molar-refractivity contribution in [2.24, 2.45) is 17.6 Å². The molecule has 0 aromatic carbocycles. The molecule has 1 fully saturated rings. The summed E-state index contributed by atoms with van der Waals surface area (Å²) in [5.41, 5.74) is 5.65. The van der Waals surface area contributed by atoms with Crippen LogP contribution in [0.15, 0.2) is 0 Å². The zero-order valence-electron chi connectivity index (χ0n) is 11.9. The molecule has 2 amide bonds. The molecule has 19 heavy (non-hydrogen) atoms. The van der Waals surface area contributed by atoms with Crippen LogP contribution in [0.1, 0.15) is 45.4 Å². The molecule has 0 aromatic heterocycles. The predicted molar refractivity (Wildman–Crippen MR) is 75.4 cm³/mol. The summed E-state index contributed by atoms with van der Waals surface area (Å²) in [7, 11) is 0. The average Bonchev–Trinajstić information content (AvgIpc) is 2.43. The third-order valence-corrected chi connectivity index (χ3v) is 3.79. The highest BCUT2D eigenvalue weighted by Crippen LogP contribution is 2.29. The van der Waals surface area contributed by atoms with Crippen LogP contribution in [0.5, 0.6) is 0 Å². The van der Waals surface area contributed by atoms with Crippen LogP contribution >= 0.6 is 0 Å². The normalized spacial score (nSPS) is 22.8. The molecule has 0 radical (unpaired) electrons. The molecule has 1 aliphatic carbocycles. The van der Waals surface area contributed by atoms with E-state index in [2.05, 4.69) is 10.6 Å². The van der Waals surface area contributed by atoms with Crippen molar-refractivity contribution >= 4 is 11.8 Å². The Labute approximate surface area is 115 Å². The number of carbonyl (C=O) groups is 2. The number of nitrogens with one attached hydrogen (secondary N) is 2. The maximum absolute atomic E-state index is 11.7. The van der Waals surface area contributed by atoms with Crippen LogP contribution in [0.2, 0.25) is 0 Å². The van der Waals surface area contributed by atoms with Gasteiger partial charge in [-0.25, -0.2) is 0 Å². The molecule has 0 unspecified atom stereocenters. The van der Waals surface area contributed by atoms with Gasteiger partial charge in [-0.3, -0.25) is 9.59 Å². The summed E-state index contributed by atoms with van der Waals surface area (Å²) in [6, 6.07) is 0. The standard InChI is InChI=1S/C14H27N3O2/c1-2-7-16-14(19)10-17-13(18)8-11-3-5-12(9-15)6-4-11/h11-12H,2-10,15H2,1H3,(H,16,19)(H,17,18). The van der Waals surface area contributed by atoms with Gasteiger partial charge in [0.1, 0.15) is 0 Å². The smallest absolute Gasteiger partial charge is 0.239 e. The summed E-state index contributed by atoms with van der Waals surface area (Å²) in [4.78, 5) is 23.1. The molecule has 110 valence electrons. The van der Waals surface area contributed by atoms with Gasteiger partial charge in [0.25, 0.3) is 0 Å². The van der Waals surface area contributed by atoms with E-state index in [1.807, 2.05) is 6.92 Å². The van der Waals surface area contributed by atoms with E-state index in [1.54, 1.807) is 0 Å². The highest BCUT2D eigenvalue weighted by Gasteiger charge is 2.22. The lowest BCUT2D eigenvalue weighted by Gasteiger charge is -2.27. The van der Waals surface area contributed by atoms with E-state index in [0.717, 1.165) is 38.6 Å². The van der Waals surface area contributed by atoms with E-state index in [1.165, 1.54) is 0 Å². The van der Waals surface area contributed by atoms with Gasteiger partial charge in [0, 0.05) is 13.0 Å². The van der Waals surface area contributed by atoms with Crippen LogP contribution in [0.25, 0.3) is 0 Å². The van der Waals surface area contributed by atoms with Crippen LogP contribution in [0.3, 0.4) is 0 Å². The minimum absolute atomic E-state index is 0.0113. The number of amides is 2. The Morgan fingerprint density at radius 3 is 2.26 bits per heavy atom. The monoisotopic (exact) mass is 269 g/mol. The first-order chi connectivity index (χ1) is 9.15. The molecule has 1 rings (SSSR count). The number of hydrogen-bond acceptors (Lipinski definition) is 3. The van der Waals surface area contributed by atoms with E-state index in [4.69, 9.17) is 5.73 Å². The van der Waals surface area contributed by atoms with Crippen molar-refractivity contribution in [3.63, 3.8) is 0 Å². The summed E-state index contributed by atoms with van der Waals surface area (Å²) in [6.07, 6.45) is 5.87. The zero-order chi connectivity index (χ0) is 14.1. The van der Waals surface area contributed by atoms with Crippen molar-refractivity contribution in [2.45, 2.75) is 45.4 Å². The van der Waals surface area contributed by atoms with E-state index < -0.39 is 0 Å². The fourth-order valence-corrected chi connectivity index (χ4v) is 2.51. The minimum atomic E-state index is -0.109. The molecule has 0 aromatic rings. The van der Waals surface area contributed by atoms with Crippen LogP contribution in [0, 0.1) is 11.8 Å². The first-order valence-corrected chi connectivity index (χ1v) is 7.39. The van der Waals surface area contributed by atoms with Gasteiger partial charge in [-0.1, -0.05) is 6.92 Å². The maximum Gasteiger partial charge on any atom is 0.239 e. The summed E-state index contributed by atoms with van der Waals surface area (Å²) in [6.45, 7) is 3.52. The van der Waals surface area contributed by atoms with Gasteiger partial charge in [-0.15, -0.1) is 0 Å². The lowest BCUT2D eigenvalue weighted by Crippen LogP contribution is -2.38. The number of carbonyl (C=O) groups excluding carboxylic acids is 2. The topological polar surface area (TPSA) is 84.2 Å². The third-order valence-electron chi connectivity index (χ3n) is 3.79. The van der Waals surface area contributed by atoms with Gasteiger partial charge in [0.2, 0.25) is 11.8 Å². The minimum Gasteiger partial charge on any atom is -0.355 e. The zero-order valence-corrected chi connectivity index (χ0v) is 11.9. The Morgan fingerprint density at radius 2 is 1.68 bits per heavy atom. The predicted octanol–water partition coefficient (Wildman–Crippen LogP) is 0.784. The quantitative estimate of drug-likeness (QED) is 0.638. The lowest BCUT2D eigenvalue weighted by atomic mass is 9.80. The lowest BCUT2D eigenvalue weighted by molar-refractivity contribution is -0.126. The van der Waals surface area contributed by atoms with Crippen molar-refractivity contribution in [2.75, 3.05) is 19.6 Å². The first kappa shape index (κ1) is 16.0. The van der Waals surface area contributed by atoms with Gasteiger partial charge in [0.15, 0.2) is 0 Å². The second kappa shape index (κ2) is 8.91. The van der Waals surface area contributed by atoms with Gasteiger partial charge in [0.05, 0.1) is 6.54 Å². The molecule has 0 atom stereocenters. The Morgan fingerprint density at radius 1 is 1.05 bits per heavy atom. The first-order valence-electron chi connectivity index (χ1n) is 7.39. The molecular weight excluding hydrogens is 242 g/mol. The van der Waals surface area contributed by atoms with Crippen LogP contribution in [0.4, 0.5) is 0 Å². The molecular formula is C14H27N3O2.